The largest absolute Gasteiger partial charge is 0.490 e. The van der Waals surface area contributed by atoms with Crippen LogP contribution in [0.5, 0.6) is 0 Å². The summed E-state index contributed by atoms with van der Waals surface area (Å²) in [6.45, 7) is -0.580. The van der Waals surface area contributed by atoms with Crippen LogP contribution in [-0.4, -0.2) is 82.5 Å². The minimum Gasteiger partial charge on any atom is -0.456 e. The molecule has 3 rings (SSSR count). The first-order valence-corrected chi connectivity index (χ1v) is 16.2. The molecule has 1 fully saturated rings. The van der Waals surface area contributed by atoms with E-state index >= 15 is 4.39 Å². The summed E-state index contributed by atoms with van der Waals surface area (Å²) in [6, 6.07) is 0. The Morgan fingerprint density at radius 2 is 1.89 bits per heavy atom. The number of phosphoric ester groups is 1. The Hall–Kier alpha value is -3.31. The van der Waals surface area contributed by atoms with Crippen LogP contribution in [0.4, 0.5) is 4.39 Å². The van der Waals surface area contributed by atoms with E-state index in [4.69, 9.17) is 19.3 Å². The number of aromatic amines is 2. The fraction of sp³-hybridized carbons (Fsp3) is 0.421. The number of rotatable bonds is 12. The van der Waals surface area contributed by atoms with Gasteiger partial charge in [-0.25, -0.2) is 27.9 Å². The van der Waals surface area contributed by atoms with Gasteiger partial charge >= 0.3 is 35.1 Å². The number of ether oxygens (including phenoxy) is 2. The minimum absolute atomic E-state index is 0.0310. The summed E-state index contributed by atoms with van der Waals surface area (Å²) in [6.07, 6.45) is -4.50. The number of hydrogen-bond acceptors (Lipinski definition) is 13. The van der Waals surface area contributed by atoms with Crippen molar-refractivity contribution in [1.82, 2.24) is 24.8 Å². The minimum atomic E-state index is -5.88. The molecule has 0 saturated carbocycles. The number of carbonyl (C=O) groups excluding carboxylic acids is 2. The number of carbonyl (C=O) groups is 2. The van der Waals surface area contributed by atoms with E-state index in [1.807, 2.05) is 4.98 Å². The molecule has 2 aromatic heterocycles. The van der Waals surface area contributed by atoms with Gasteiger partial charge < -0.3 is 39.3 Å². The fourth-order valence-corrected chi connectivity index (χ4v) is 6.55. The monoisotopic (exact) mass is 689 g/mol. The van der Waals surface area contributed by atoms with Crippen LogP contribution in [0.2, 0.25) is 0 Å². The van der Waals surface area contributed by atoms with Gasteiger partial charge in [0.05, 0.1) is 25.9 Å². The summed E-state index contributed by atoms with van der Waals surface area (Å²) in [7, 11) is -17.2. The van der Waals surface area contributed by atoms with Crippen molar-refractivity contribution in [3.63, 3.8) is 0 Å². The maximum atomic E-state index is 15.4. The van der Waals surface area contributed by atoms with Crippen molar-refractivity contribution in [2.45, 2.75) is 38.0 Å². The van der Waals surface area contributed by atoms with Crippen LogP contribution < -0.4 is 16.6 Å². The lowest BCUT2D eigenvalue weighted by atomic mass is 10.1. The van der Waals surface area contributed by atoms with Crippen molar-refractivity contribution in [2.75, 3.05) is 13.2 Å². The number of phosphoric acid groups is 3. The first-order valence-electron chi connectivity index (χ1n) is 11.7. The number of H-pyrrole nitrogens is 2. The highest BCUT2D eigenvalue weighted by atomic mass is 31.3. The molecule has 7 N–H and O–H groups in total. The molecule has 2 unspecified atom stereocenters. The number of esters is 1. The zero-order valence-corrected chi connectivity index (χ0v) is 24.6. The van der Waals surface area contributed by atoms with Gasteiger partial charge in [0.1, 0.15) is 11.7 Å². The van der Waals surface area contributed by atoms with Crippen LogP contribution in [-0.2, 0) is 52.3 Å². The smallest absolute Gasteiger partial charge is 0.456 e. The van der Waals surface area contributed by atoms with E-state index in [1.54, 1.807) is 0 Å². The Bertz CT molecular complexity index is 1690. The quantitative estimate of drug-likeness (QED) is 0.0756. The van der Waals surface area contributed by atoms with Crippen LogP contribution in [0.25, 0.3) is 0 Å². The van der Waals surface area contributed by atoms with Gasteiger partial charge in [-0.3, -0.25) is 28.5 Å². The van der Waals surface area contributed by atoms with E-state index < -0.39 is 77.8 Å². The third kappa shape index (κ3) is 10.4. The number of imidazole rings is 1. The van der Waals surface area contributed by atoms with Crippen LogP contribution in [0, 0.1) is 11.8 Å². The second-order valence-electron chi connectivity index (χ2n) is 8.51. The molecule has 2 aromatic rings. The highest BCUT2D eigenvalue weighted by Gasteiger charge is 2.50. The van der Waals surface area contributed by atoms with E-state index in [-0.39, 0.29) is 18.5 Å². The summed E-state index contributed by atoms with van der Waals surface area (Å²) in [5, 5.41) is 2.46. The lowest BCUT2D eigenvalue weighted by molar-refractivity contribution is -0.152. The molecular weight excluding hydrogens is 666 g/mol. The second kappa shape index (κ2) is 14.2. The molecule has 6 atom stereocenters. The molecule has 1 aliphatic heterocycles. The molecule has 0 aromatic carbocycles. The molecule has 0 spiro atoms. The van der Waals surface area contributed by atoms with Gasteiger partial charge in [-0.15, -0.1) is 0 Å². The van der Waals surface area contributed by atoms with Gasteiger partial charge in [-0.2, -0.15) is 8.62 Å². The Balaban J connectivity index is 1.75. The maximum absolute atomic E-state index is 15.4. The Morgan fingerprint density at radius 3 is 2.50 bits per heavy atom. The van der Waals surface area contributed by atoms with E-state index in [0.29, 0.717) is 10.3 Å². The normalized spacial score (nSPS) is 22.7. The van der Waals surface area contributed by atoms with Gasteiger partial charge in [0.15, 0.2) is 18.5 Å². The molecule has 0 radical (unpaired) electrons. The molecule has 0 bridgehead atoms. The summed E-state index contributed by atoms with van der Waals surface area (Å²) >= 11 is 0. The summed E-state index contributed by atoms with van der Waals surface area (Å²) in [5.41, 5.74) is -2.06. The molecule has 25 heteroatoms. The van der Waals surface area contributed by atoms with Gasteiger partial charge in [0.25, 0.3) is 5.56 Å². The molecule has 3 heterocycles. The summed E-state index contributed by atoms with van der Waals surface area (Å²) < 4.78 is 72.0. The first kappa shape index (κ1) is 35.2. The predicted octanol–water partition coefficient (Wildman–Crippen LogP) is -1.52. The molecular formula is C19H23FN5O16P3. The van der Waals surface area contributed by atoms with Gasteiger partial charge in [-0.1, -0.05) is 11.8 Å². The van der Waals surface area contributed by atoms with E-state index in [1.165, 1.54) is 12.5 Å². The highest BCUT2D eigenvalue weighted by molar-refractivity contribution is 7.66. The SMILES string of the molecule is CC(=O)O[C@H]1[C@@H](F)[C@H](n2cc(C#CCNC(=O)Cc3cnc[nH]3)c(=O)[nH]c2=O)O[C@@H]1COP(=O)(O)OP(=O)(O)OP(=O)(O)O. The number of aromatic nitrogens is 4. The fourth-order valence-electron chi connectivity index (χ4n) is 3.52. The van der Waals surface area contributed by atoms with E-state index in [0.717, 1.165) is 13.1 Å². The van der Waals surface area contributed by atoms with Crippen molar-refractivity contribution < 1.29 is 69.9 Å². The van der Waals surface area contributed by atoms with Crippen molar-refractivity contribution >= 4 is 35.3 Å². The number of nitrogens with one attached hydrogen (secondary N) is 3. The third-order valence-electron chi connectivity index (χ3n) is 5.13. The Morgan fingerprint density at radius 1 is 1.18 bits per heavy atom. The lowest BCUT2D eigenvalue weighted by Crippen LogP contribution is -2.38. The number of amides is 1. The molecule has 21 nitrogen and oxygen atoms in total. The van der Waals surface area contributed by atoms with Gasteiger partial charge in [-0.05, 0) is 0 Å². The van der Waals surface area contributed by atoms with Gasteiger partial charge in [0.2, 0.25) is 5.91 Å². The predicted molar refractivity (Wildman–Crippen MR) is 138 cm³/mol. The molecule has 1 saturated heterocycles. The van der Waals surface area contributed by atoms with Crippen molar-refractivity contribution in [3.8, 4) is 11.8 Å². The Kier molecular flexibility index (Phi) is 11.3. The Labute approximate surface area is 244 Å². The van der Waals surface area contributed by atoms with Crippen LogP contribution in [0.1, 0.15) is 24.4 Å². The van der Waals surface area contributed by atoms with Crippen LogP contribution in [0.15, 0.2) is 28.3 Å². The average Bonchev–Trinajstić information content (AvgIpc) is 3.47. The standard InChI is InChI=1S/C19H23FN5O16P3/c1-10(26)38-16-13(8-37-43(33,34)41-44(35,36)40-42(30,31)32)39-18(15(16)20)25-7-11(17(28)24-19(25)29)3-2-4-22-14(27)5-12-6-21-9-23-12/h6-7,9,13,15-16,18H,4-5,8H2,1H3,(H,21,23)(H,22,27)(H,33,34)(H,35,36)(H,24,28,29)(H2,30,31,32)/t13-,15-,16-,18-/m1/s1. The third-order valence-corrected chi connectivity index (χ3v) is 8.93. The second-order valence-corrected chi connectivity index (χ2v) is 12.9. The number of nitrogens with zero attached hydrogens (tertiary/aromatic N) is 2. The zero-order valence-electron chi connectivity index (χ0n) is 22.0. The highest BCUT2D eigenvalue weighted by Crippen LogP contribution is 2.66. The summed E-state index contributed by atoms with van der Waals surface area (Å²) in [5.74, 6) is 3.36. The maximum Gasteiger partial charge on any atom is 0.490 e. The van der Waals surface area contributed by atoms with E-state index in [9.17, 15) is 42.7 Å². The van der Waals surface area contributed by atoms with Crippen molar-refractivity contribution in [3.05, 3.63) is 50.8 Å². The number of alkyl halides is 1. The molecule has 44 heavy (non-hydrogen) atoms. The zero-order chi connectivity index (χ0) is 32.9. The number of halogens is 1. The van der Waals surface area contributed by atoms with Gasteiger partial charge in [0, 0.05) is 25.0 Å². The van der Waals surface area contributed by atoms with E-state index in [2.05, 4.69) is 40.3 Å². The lowest BCUT2D eigenvalue weighted by Gasteiger charge is -2.20. The molecule has 0 aliphatic carbocycles. The number of hydrogen-bond donors (Lipinski definition) is 7. The van der Waals surface area contributed by atoms with Crippen LogP contribution in [0.3, 0.4) is 0 Å². The van der Waals surface area contributed by atoms with Crippen molar-refractivity contribution in [2.24, 2.45) is 0 Å². The molecule has 242 valence electrons. The topological polar surface area (TPSA) is 308 Å². The average molecular weight is 689 g/mol. The first-order chi connectivity index (χ1) is 20.4. The summed E-state index contributed by atoms with van der Waals surface area (Å²) in [4.78, 5) is 92.7. The van der Waals surface area contributed by atoms with Crippen molar-refractivity contribution in [1.29, 1.82) is 0 Å². The molecule has 1 amide bonds. The van der Waals surface area contributed by atoms with Crippen LogP contribution >= 0.6 is 23.5 Å². The molecule has 1 aliphatic rings.